The van der Waals surface area contributed by atoms with Gasteiger partial charge in [-0.1, -0.05) is 13.3 Å². The van der Waals surface area contributed by atoms with Crippen LogP contribution in [0.4, 0.5) is 26.3 Å². The Balaban J connectivity index is 2.19. The molecule has 23 heavy (non-hydrogen) atoms. The maximum atomic E-state index is 13.1. The van der Waals surface area contributed by atoms with E-state index in [1.165, 1.54) is 0 Å². The second-order valence-corrected chi connectivity index (χ2v) is 6.23. The summed E-state index contributed by atoms with van der Waals surface area (Å²) < 4.78 is 78.4. The molecule has 0 radical (unpaired) electrons. The lowest BCUT2D eigenvalue weighted by Gasteiger charge is -2.37. The summed E-state index contributed by atoms with van der Waals surface area (Å²) in [5.74, 6) is -0.609. The van der Waals surface area contributed by atoms with Crippen LogP contribution in [0.5, 0.6) is 0 Å². The molecule has 0 bridgehead atoms. The van der Waals surface area contributed by atoms with Gasteiger partial charge >= 0.3 is 12.4 Å². The molecule has 2 heterocycles. The van der Waals surface area contributed by atoms with E-state index in [-0.39, 0.29) is 0 Å². The maximum Gasteiger partial charge on any atom is 0.404 e. The van der Waals surface area contributed by atoms with Crippen LogP contribution in [0.1, 0.15) is 32.6 Å². The molecular formula is C14H20F6N2O. The Bertz CT molecular complexity index is 434. The monoisotopic (exact) mass is 346 g/mol. The van der Waals surface area contributed by atoms with Crippen molar-refractivity contribution in [3.8, 4) is 0 Å². The van der Waals surface area contributed by atoms with Crippen molar-refractivity contribution in [1.29, 1.82) is 0 Å². The van der Waals surface area contributed by atoms with Crippen molar-refractivity contribution >= 4 is 5.91 Å². The molecule has 0 aromatic heterocycles. The van der Waals surface area contributed by atoms with Crippen LogP contribution in [-0.2, 0) is 4.79 Å². The Kier molecular flexibility index (Phi) is 4.90. The normalized spacial score (nSPS) is 26.6. The Morgan fingerprint density at radius 2 is 1.70 bits per heavy atom. The Hall–Kier alpha value is -0.990. The molecule has 0 unspecified atom stereocenters. The number of hydrogen-bond acceptors (Lipinski definition) is 2. The summed E-state index contributed by atoms with van der Waals surface area (Å²) in [5, 5.41) is 0. The average Bonchev–Trinajstić information content (AvgIpc) is 2.92. The third kappa shape index (κ3) is 3.16. The zero-order valence-corrected chi connectivity index (χ0v) is 12.8. The van der Waals surface area contributed by atoms with Gasteiger partial charge in [-0.2, -0.15) is 26.3 Å². The zero-order valence-electron chi connectivity index (χ0n) is 12.8. The van der Waals surface area contributed by atoms with Gasteiger partial charge < -0.3 is 4.90 Å². The van der Waals surface area contributed by atoms with Gasteiger partial charge in [-0.05, 0) is 32.4 Å². The van der Waals surface area contributed by atoms with Crippen molar-refractivity contribution < 1.29 is 31.1 Å². The predicted octanol–water partition coefficient (Wildman–Crippen LogP) is 3.20. The largest absolute Gasteiger partial charge is 0.404 e. The molecule has 3 nitrogen and oxygen atoms in total. The number of rotatable bonds is 2. The van der Waals surface area contributed by atoms with Gasteiger partial charge in [0.1, 0.15) is 0 Å². The quantitative estimate of drug-likeness (QED) is 0.717. The van der Waals surface area contributed by atoms with E-state index < -0.39 is 49.2 Å². The Morgan fingerprint density at radius 3 is 2.17 bits per heavy atom. The fourth-order valence-electron chi connectivity index (χ4n) is 3.48. The lowest BCUT2D eigenvalue weighted by molar-refractivity contribution is -0.334. The van der Waals surface area contributed by atoms with Crippen LogP contribution in [0.3, 0.4) is 0 Å². The average molecular weight is 346 g/mol. The molecule has 2 saturated heterocycles. The van der Waals surface area contributed by atoms with Crippen LogP contribution in [-0.4, -0.2) is 60.3 Å². The molecule has 134 valence electrons. The molecule has 0 aromatic carbocycles. The third-order valence-electron chi connectivity index (χ3n) is 4.97. The highest BCUT2D eigenvalue weighted by molar-refractivity contribution is 5.82. The van der Waals surface area contributed by atoms with Gasteiger partial charge in [-0.25, -0.2) is 0 Å². The summed E-state index contributed by atoms with van der Waals surface area (Å²) in [7, 11) is 0. The summed E-state index contributed by atoms with van der Waals surface area (Å²) in [5.41, 5.74) is -3.80. The van der Waals surface area contributed by atoms with E-state index in [4.69, 9.17) is 0 Å². The summed E-state index contributed by atoms with van der Waals surface area (Å²) in [6.45, 7) is 1.18. The molecule has 1 atom stereocenters. The number of alkyl halides is 6. The number of amides is 1. The minimum Gasteiger partial charge on any atom is -0.340 e. The lowest BCUT2D eigenvalue weighted by atomic mass is 9.85. The molecule has 1 amide bonds. The second-order valence-electron chi connectivity index (χ2n) is 6.23. The minimum atomic E-state index is -5.42. The van der Waals surface area contributed by atoms with Crippen LogP contribution in [0.25, 0.3) is 0 Å². The van der Waals surface area contributed by atoms with E-state index in [2.05, 4.69) is 0 Å². The standard InChI is InChI=1S/C14H20F6N2O/c1-2-21-7-4-3-5-10(21)11(23)22-8-6-12(9-22,13(15,16)17)14(18,19)20/h10H,2-9H2,1H3/t10-/m1/s1. The van der Waals surface area contributed by atoms with E-state index in [0.29, 0.717) is 19.5 Å². The van der Waals surface area contributed by atoms with Gasteiger partial charge in [0.05, 0.1) is 6.04 Å². The minimum absolute atomic E-state index is 0.480. The first kappa shape index (κ1) is 18.4. The number of carbonyl (C=O) groups excluding carboxylic acids is 1. The number of hydrogen-bond donors (Lipinski definition) is 0. The summed E-state index contributed by atoms with van der Waals surface area (Å²) in [6, 6.07) is -0.606. The molecule has 2 aliphatic heterocycles. The first-order valence-corrected chi connectivity index (χ1v) is 7.70. The van der Waals surface area contributed by atoms with Gasteiger partial charge in [0, 0.05) is 13.1 Å². The number of piperidine rings is 1. The number of carbonyl (C=O) groups is 1. The van der Waals surface area contributed by atoms with E-state index in [0.717, 1.165) is 17.7 Å². The van der Waals surface area contributed by atoms with E-state index in [9.17, 15) is 31.1 Å². The number of halogens is 6. The first-order valence-electron chi connectivity index (χ1n) is 7.70. The van der Waals surface area contributed by atoms with Crippen LogP contribution in [0, 0.1) is 5.41 Å². The van der Waals surface area contributed by atoms with Gasteiger partial charge in [0.2, 0.25) is 5.91 Å². The van der Waals surface area contributed by atoms with Gasteiger partial charge in [0.15, 0.2) is 5.41 Å². The van der Waals surface area contributed by atoms with E-state index in [1.807, 2.05) is 11.8 Å². The fraction of sp³-hybridized carbons (Fsp3) is 0.929. The summed E-state index contributed by atoms with van der Waals surface area (Å²) in [4.78, 5) is 15.0. The molecule has 2 rings (SSSR count). The Morgan fingerprint density at radius 1 is 1.09 bits per heavy atom. The first-order chi connectivity index (χ1) is 10.5. The summed E-state index contributed by atoms with van der Waals surface area (Å²) in [6.07, 6.45) is -9.84. The molecule has 0 aromatic rings. The topological polar surface area (TPSA) is 23.6 Å². The van der Waals surface area contributed by atoms with Crippen LogP contribution in [0.2, 0.25) is 0 Å². The molecule has 0 N–H and O–H groups in total. The number of likely N-dealkylation sites (tertiary alicyclic amines) is 2. The predicted molar refractivity (Wildman–Crippen MR) is 70.6 cm³/mol. The van der Waals surface area contributed by atoms with Crippen molar-refractivity contribution in [3.63, 3.8) is 0 Å². The lowest BCUT2D eigenvalue weighted by Crippen LogP contribution is -2.54. The van der Waals surface area contributed by atoms with Crippen LogP contribution in [0.15, 0.2) is 0 Å². The highest BCUT2D eigenvalue weighted by atomic mass is 19.4. The van der Waals surface area contributed by atoms with Gasteiger partial charge in [0.25, 0.3) is 0 Å². The molecule has 0 spiro atoms. The highest BCUT2D eigenvalue weighted by Gasteiger charge is 2.73. The van der Waals surface area contributed by atoms with Crippen molar-refractivity contribution in [3.05, 3.63) is 0 Å². The third-order valence-corrected chi connectivity index (χ3v) is 4.97. The Labute approximate surface area is 130 Å². The van der Waals surface area contributed by atoms with Crippen LogP contribution >= 0.6 is 0 Å². The van der Waals surface area contributed by atoms with E-state index >= 15 is 0 Å². The van der Waals surface area contributed by atoms with Crippen molar-refractivity contribution in [2.45, 2.75) is 51.0 Å². The SMILES string of the molecule is CCN1CCCC[C@@H]1C(=O)N1CCC(C(F)(F)F)(C(F)(F)F)C1. The molecule has 2 aliphatic rings. The zero-order chi connectivity index (χ0) is 17.5. The smallest absolute Gasteiger partial charge is 0.340 e. The van der Waals surface area contributed by atoms with Crippen LogP contribution < -0.4 is 0 Å². The van der Waals surface area contributed by atoms with Crippen molar-refractivity contribution in [1.82, 2.24) is 9.80 Å². The maximum absolute atomic E-state index is 13.1. The molecule has 0 saturated carbocycles. The second kappa shape index (κ2) is 6.14. The summed E-state index contributed by atoms with van der Waals surface area (Å²) >= 11 is 0. The van der Waals surface area contributed by atoms with Gasteiger partial charge in [-0.3, -0.25) is 9.69 Å². The van der Waals surface area contributed by atoms with Crippen molar-refractivity contribution in [2.24, 2.45) is 5.41 Å². The molecule has 2 fully saturated rings. The van der Waals surface area contributed by atoms with Crippen molar-refractivity contribution in [2.75, 3.05) is 26.2 Å². The van der Waals surface area contributed by atoms with Gasteiger partial charge in [-0.15, -0.1) is 0 Å². The van der Waals surface area contributed by atoms with E-state index in [1.54, 1.807) is 0 Å². The fourth-order valence-corrected chi connectivity index (χ4v) is 3.48. The number of nitrogens with zero attached hydrogens (tertiary/aromatic N) is 2. The molecular weight excluding hydrogens is 326 g/mol. The number of likely N-dealkylation sites (N-methyl/N-ethyl adjacent to an activating group) is 1. The molecule has 9 heteroatoms. The highest BCUT2D eigenvalue weighted by Crippen LogP contribution is 2.55. The molecule has 0 aliphatic carbocycles.